The first-order valence-corrected chi connectivity index (χ1v) is 16.3. The monoisotopic (exact) mass is 655 g/mol. The van der Waals surface area contributed by atoms with Crippen LogP contribution in [0.3, 0.4) is 0 Å². The van der Waals surface area contributed by atoms with Crippen molar-refractivity contribution in [2.75, 3.05) is 32.7 Å². The number of likely N-dealkylation sites (tertiary alicyclic amines) is 1. The molecule has 5 rings (SSSR count). The number of carbonyl (C=O) groups is 3. The lowest BCUT2D eigenvalue weighted by atomic mass is 9.94. The van der Waals surface area contributed by atoms with E-state index in [0.717, 1.165) is 5.56 Å². The van der Waals surface area contributed by atoms with Crippen molar-refractivity contribution in [3.63, 3.8) is 0 Å². The molecule has 1 spiro atoms. The van der Waals surface area contributed by atoms with Gasteiger partial charge in [-0.1, -0.05) is 53.7 Å². The van der Waals surface area contributed by atoms with Crippen LogP contribution in [0.1, 0.15) is 29.5 Å². The number of hydrogen-bond acceptors (Lipinski definition) is 11. The van der Waals surface area contributed by atoms with Crippen LogP contribution >= 0.6 is 0 Å². The quantitative estimate of drug-likeness (QED) is 0.229. The van der Waals surface area contributed by atoms with Crippen molar-refractivity contribution in [1.82, 2.24) is 25.6 Å². The van der Waals surface area contributed by atoms with E-state index in [1.807, 2.05) is 30.3 Å². The number of benzene rings is 2. The summed E-state index contributed by atoms with van der Waals surface area (Å²) >= 11 is 0. The minimum Gasteiger partial charge on any atom is -0.480 e. The minimum absolute atomic E-state index is 0.00482. The number of aliphatic carboxylic acids is 1. The van der Waals surface area contributed by atoms with Gasteiger partial charge in [0.1, 0.15) is 18.4 Å². The summed E-state index contributed by atoms with van der Waals surface area (Å²) < 4.78 is 33.9. The number of aryl methyl sites for hydroxylation is 2. The molecule has 2 aromatic rings. The van der Waals surface area contributed by atoms with Gasteiger partial charge in [0.15, 0.2) is 11.6 Å². The fourth-order valence-electron chi connectivity index (χ4n) is 5.76. The van der Waals surface area contributed by atoms with Crippen LogP contribution in [-0.4, -0.2) is 98.5 Å². The number of oxime groups is 1. The average Bonchev–Trinajstić information content (AvgIpc) is 3.78. The highest BCUT2D eigenvalue weighted by Crippen LogP contribution is 2.38. The summed E-state index contributed by atoms with van der Waals surface area (Å²) in [6, 6.07) is 12.2. The summed E-state index contributed by atoms with van der Waals surface area (Å²) in [5.74, 6) is -1.55. The lowest BCUT2D eigenvalue weighted by Gasteiger charge is -2.24. The number of carboxylic acid groups (broad SMARTS) is 1. The van der Waals surface area contributed by atoms with Crippen molar-refractivity contribution in [1.29, 1.82) is 0 Å². The SMILES string of the molecule is Cc1cccc(C)c1S(=O)(=O)N[C@@H](CNC(=O)C1=NOC2(C1)CC(CNC1=NCCN1)N(C(=O)OCc1ccccc1)C2)C(=O)O. The van der Waals surface area contributed by atoms with Gasteiger partial charge in [0, 0.05) is 32.5 Å². The van der Waals surface area contributed by atoms with Crippen molar-refractivity contribution in [2.45, 2.75) is 55.9 Å². The van der Waals surface area contributed by atoms with E-state index >= 15 is 0 Å². The highest BCUT2D eigenvalue weighted by atomic mass is 32.2. The van der Waals surface area contributed by atoms with E-state index < -0.39 is 46.2 Å². The number of ether oxygens (including phenoxy) is 1. The minimum atomic E-state index is -4.21. The van der Waals surface area contributed by atoms with E-state index in [-0.39, 0.29) is 36.2 Å². The highest BCUT2D eigenvalue weighted by Gasteiger charge is 2.53. The van der Waals surface area contributed by atoms with Gasteiger partial charge in [0.2, 0.25) is 10.0 Å². The van der Waals surface area contributed by atoms with E-state index in [2.05, 4.69) is 30.8 Å². The lowest BCUT2D eigenvalue weighted by Crippen LogP contribution is -2.49. The van der Waals surface area contributed by atoms with E-state index in [1.54, 1.807) is 36.9 Å². The second kappa shape index (κ2) is 13.7. The predicted molar refractivity (Wildman–Crippen MR) is 167 cm³/mol. The number of aliphatic imine (C=N–C) groups is 1. The number of amides is 2. The zero-order valence-electron chi connectivity index (χ0n) is 25.5. The molecule has 15 nitrogen and oxygen atoms in total. The fourth-order valence-corrected chi connectivity index (χ4v) is 7.42. The molecule has 16 heteroatoms. The molecule has 0 radical (unpaired) electrons. The summed E-state index contributed by atoms with van der Waals surface area (Å²) in [7, 11) is -4.21. The number of nitrogens with zero attached hydrogens (tertiary/aromatic N) is 3. The predicted octanol–water partition coefficient (Wildman–Crippen LogP) is 0.626. The van der Waals surface area contributed by atoms with Crippen LogP contribution < -0.4 is 20.7 Å². The Balaban J connectivity index is 1.21. The molecule has 3 atom stereocenters. The zero-order valence-corrected chi connectivity index (χ0v) is 26.3. The Hall–Kier alpha value is -4.70. The number of hydrogen-bond donors (Lipinski definition) is 5. The Morgan fingerprint density at radius 3 is 2.57 bits per heavy atom. The highest BCUT2D eigenvalue weighted by molar-refractivity contribution is 7.89. The molecule has 1 fully saturated rings. The molecule has 0 bridgehead atoms. The van der Waals surface area contributed by atoms with E-state index in [1.165, 1.54) is 0 Å². The second-order valence-corrected chi connectivity index (χ2v) is 13.1. The third-order valence-corrected chi connectivity index (χ3v) is 9.74. The third kappa shape index (κ3) is 7.56. The Labute approximate surface area is 266 Å². The molecule has 0 saturated carbocycles. The van der Waals surface area contributed by atoms with Crippen molar-refractivity contribution in [3.8, 4) is 0 Å². The molecule has 0 aromatic heterocycles. The molecule has 5 N–H and O–H groups in total. The first kappa shape index (κ1) is 32.7. The maximum Gasteiger partial charge on any atom is 0.410 e. The number of rotatable bonds is 11. The summed E-state index contributed by atoms with van der Waals surface area (Å²) in [4.78, 5) is 49.9. The van der Waals surface area contributed by atoms with Crippen molar-refractivity contribution >= 4 is 39.7 Å². The maximum atomic E-state index is 13.2. The summed E-state index contributed by atoms with van der Waals surface area (Å²) in [5, 5.41) is 22.5. The fraction of sp³-hybridized carbons (Fsp3) is 0.433. The molecular formula is C30H37N7O8S. The first-order chi connectivity index (χ1) is 22.0. The third-order valence-electron chi connectivity index (χ3n) is 7.97. The van der Waals surface area contributed by atoms with E-state index in [4.69, 9.17) is 9.57 Å². The van der Waals surface area contributed by atoms with Gasteiger partial charge >= 0.3 is 12.1 Å². The standard InChI is InChI=1S/C30H37N7O8S/c1-19-7-6-8-20(2)25(19)46(42,43)36-24(27(39)40)16-33-26(38)23-14-30(45-35-23)13-22(15-34-28-31-11-12-32-28)37(18-30)29(41)44-17-21-9-4-3-5-10-21/h3-10,22,24,36H,11-18H2,1-2H3,(H,33,38)(H,39,40)(H2,31,32,34)/t22?,24-,30?/m0/s1. The van der Waals surface area contributed by atoms with Crippen molar-refractivity contribution in [2.24, 2.45) is 10.1 Å². The molecule has 1 saturated heterocycles. The summed E-state index contributed by atoms with van der Waals surface area (Å²) in [6.07, 6.45) is -0.166. The molecule has 246 valence electrons. The maximum absolute atomic E-state index is 13.2. The normalized spacial score (nSPS) is 21.2. The number of sulfonamides is 1. The van der Waals surface area contributed by atoms with E-state index in [9.17, 15) is 27.9 Å². The van der Waals surface area contributed by atoms with Gasteiger partial charge in [-0.3, -0.25) is 19.5 Å². The molecule has 46 heavy (non-hydrogen) atoms. The molecule has 0 aliphatic carbocycles. The van der Waals surface area contributed by atoms with Gasteiger partial charge in [-0.25, -0.2) is 13.2 Å². The van der Waals surface area contributed by atoms with Gasteiger partial charge in [0.05, 0.1) is 24.0 Å². The second-order valence-electron chi connectivity index (χ2n) is 11.5. The van der Waals surface area contributed by atoms with Gasteiger partial charge in [-0.05, 0) is 30.5 Å². The molecule has 3 aliphatic heterocycles. The number of guanidine groups is 1. The Kier molecular flexibility index (Phi) is 9.76. The Morgan fingerprint density at radius 2 is 1.89 bits per heavy atom. The lowest BCUT2D eigenvalue weighted by molar-refractivity contribution is -0.138. The number of carboxylic acids is 1. The molecule has 2 aromatic carbocycles. The van der Waals surface area contributed by atoms with Crippen molar-refractivity contribution in [3.05, 3.63) is 65.2 Å². The van der Waals surface area contributed by atoms with Crippen LogP contribution in [0.25, 0.3) is 0 Å². The summed E-state index contributed by atoms with van der Waals surface area (Å²) in [6.45, 7) is 4.57. The van der Waals surface area contributed by atoms with Crippen LogP contribution in [-0.2, 0) is 35.8 Å². The van der Waals surface area contributed by atoms with Gasteiger partial charge in [-0.15, -0.1) is 0 Å². The molecule has 3 aliphatic rings. The molecule has 2 unspecified atom stereocenters. The smallest absolute Gasteiger partial charge is 0.410 e. The Bertz CT molecular complexity index is 1630. The van der Waals surface area contributed by atoms with Crippen molar-refractivity contribution < 1.29 is 37.5 Å². The topological polar surface area (TPSA) is 200 Å². The van der Waals surface area contributed by atoms with Crippen LogP contribution in [0.4, 0.5) is 4.79 Å². The number of carbonyl (C=O) groups excluding carboxylic acids is 2. The Morgan fingerprint density at radius 1 is 1.15 bits per heavy atom. The zero-order chi connectivity index (χ0) is 32.9. The summed E-state index contributed by atoms with van der Waals surface area (Å²) in [5.41, 5.74) is 0.735. The molecule has 3 heterocycles. The largest absolute Gasteiger partial charge is 0.480 e. The van der Waals surface area contributed by atoms with Crippen LogP contribution in [0.15, 0.2) is 63.6 Å². The van der Waals surface area contributed by atoms with Gasteiger partial charge < -0.3 is 30.6 Å². The van der Waals surface area contributed by atoms with Gasteiger partial charge in [-0.2, -0.15) is 4.72 Å². The molecular weight excluding hydrogens is 618 g/mol. The van der Waals surface area contributed by atoms with Crippen LogP contribution in [0, 0.1) is 13.8 Å². The van der Waals surface area contributed by atoms with E-state index in [0.29, 0.717) is 43.1 Å². The van der Waals surface area contributed by atoms with Crippen LogP contribution in [0.2, 0.25) is 0 Å². The first-order valence-electron chi connectivity index (χ1n) is 14.8. The van der Waals surface area contributed by atoms with Crippen LogP contribution in [0.5, 0.6) is 0 Å². The van der Waals surface area contributed by atoms with Gasteiger partial charge in [0.25, 0.3) is 5.91 Å². The molecule has 2 amide bonds. The number of nitrogens with one attached hydrogen (secondary N) is 4. The average molecular weight is 656 g/mol.